The Morgan fingerprint density at radius 1 is 2.00 bits per heavy atom. The third kappa shape index (κ3) is 2.49. The van der Waals surface area contributed by atoms with Gasteiger partial charge >= 0.3 is 0 Å². The highest BCUT2D eigenvalue weighted by molar-refractivity contribution is 14.1. The van der Waals surface area contributed by atoms with Crippen LogP contribution in [0, 0.1) is 0 Å². The first-order valence-electron chi connectivity index (χ1n) is 0.775. The molecule has 25 valence electrons. The van der Waals surface area contributed by atoms with E-state index in [4.69, 9.17) is 5.73 Å². The molecule has 0 heterocycles. The molecular weight excluding hydrogens is 169 g/mol. The van der Waals surface area contributed by atoms with Gasteiger partial charge in [-0.05, 0) is 0 Å². The van der Waals surface area contributed by atoms with Crippen molar-refractivity contribution in [1.82, 2.24) is 5.73 Å². The first-order valence-corrected chi connectivity index (χ1v) is 3.18. The Morgan fingerprint density at radius 3 is 2.25 bits per heavy atom. The summed E-state index contributed by atoms with van der Waals surface area (Å²) in [7, 11) is 0. The molecule has 0 saturated carbocycles. The molecule has 1 radical (unpaired) electrons. The topological polar surface area (TPSA) is 40.9 Å². The zero-order valence-electron chi connectivity index (χ0n) is 1.99. The highest BCUT2D eigenvalue weighted by Crippen LogP contribution is 1.79. The Kier molecular flexibility index (Phi) is 3.92. The molecule has 0 atom stereocenters. The zero-order chi connectivity index (χ0) is 3.41. The summed E-state index contributed by atoms with van der Waals surface area (Å²) in [6.07, 6.45) is 0. The van der Waals surface area contributed by atoms with E-state index in [1.807, 2.05) is 0 Å². The molecule has 0 aromatic rings. The van der Waals surface area contributed by atoms with E-state index in [1.165, 1.54) is 0 Å². The number of alkyl halides is 1. The fourth-order valence-electron chi connectivity index (χ4n) is 0. The van der Waals surface area contributed by atoms with E-state index in [-0.39, 0.29) is 4.55 Å². The molecule has 0 rings (SSSR count). The van der Waals surface area contributed by atoms with Crippen molar-refractivity contribution < 1.29 is 3.07 Å². The lowest BCUT2D eigenvalue weighted by Crippen LogP contribution is -1.58. The van der Waals surface area contributed by atoms with Crippen molar-refractivity contribution in [3.05, 3.63) is 0 Å². The first-order chi connectivity index (χ1) is 1.91. The monoisotopic (exact) mass is 172 g/mol. The lowest BCUT2D eigenvalue weighted by Gasteiger charge is -1.50. The lowest BCUT2D eigenvalue weighted by molar-refractivity contribution is 0.647. The molecule has 0 aliphatic heterocycles. The molecule has 0 fully saturated rings. The second-order valence-electron chi connectivity index (χ2n) is 0.243. The predicted octanol–water partition coefficient (Wildman–Crippen LogP) is 0.543. The molecule has 0 bridgehead atoms. The summed E-state index contributed by atoms with van der Waals surface area (Å²) in [5.41, 5.74) is 6.19. The van der Waals surface area contributed by atoms with Crippen LogP contribution in [0.2, 0.25) is 0 Å². The largest absolute Gasteiger partial charge is 0.269 e. The minimum absolute atomic E-state index is 0.124. The summed E-state index contributed by atoms with van der Waals surface area (Å²) in [4.78, 5) is 0. The first kappa shape index (κ1) is 4.49. The minimum Gasteiger partial charge on any atom is -0.269 e. The van der Waals surface area contributed by atoms with E-state index >= 15 is 0 Å². The van der Waals surface area contributed by atoms with Crippen molar-refractivity contribution in [3.63, 3.8) is 0 Å². The molecular formula is CH3INO. The van der Waals surface area contributed by atoms with Crippen LogP contribution in [0.4, 0.5) is 0 Å². The maximum atomic E-state index is 9.22. The maximum Gasteiger partial charge on any atom is 0.161 e. The van der Waals surface area contributed by atoms with Crippen LogP contribution in [0.5, 0.6) is 0 Å². The van der Waals surface area contributed by atoms with Crippen molar-refractivity contribution >= 4 is 21.2 Å². The molecule has 0 aromatic carbocycles. The summed E-state index contributed by atoms with van der Waals surface area (Å²) >= 11 is -0.973. The van der Waals surface area contributed by atoms with E-state index in [0.717, 1.165) is 0 Å². The third-order valence-corrected chi connectivity index (χ3v) is 0.366. The number of hydrogen-bond acceptors (Lipinski definition) is 1. The molecule has 0 aromatic heterocycles. The van der Waals surface area contributed by atoms with Gasteiger partial charge < -0.3 is 0 Å². The number of nitrogens with one attached hydrogen (secondary N) is 1. The second-order valence-corrected chi connectivity index (χ2v) is 1.63. The van der Waals surface area contributed by atoms with Gasteiger partial charge in [0.25, 0.3) is 0 Å². The van der Waals surface area contributed by atoms with E-state index < -0.39 is 21.2 Å². The Bertz CT molecular complexity index is 22.0. The van der Waals surface area contributed by atoms with E-state index in [1.54, 1.807) is 0 Å². The summed E-state index contributed by atoms with van der Waals surface area (Å²) in [5, 5.41) is 0. The van der Waals surface area contributed by atoms with Crippen molar-refractivity contribution in [3.8, 4) is 0 Å². The van der Waals surface area contributed by atoms with Gasteiger partial charge in [-0.15, -0.1) is 0 Å². The van der Waals surface area contributed by atoms with Crippen molar-refractivity contribution in [2.75, 3.05) is 4.55 Å². The summed E-state index contributed by atoms with van der Waals surface area (Å²) in [6, 6.07) is 0. The van der Waals surface area contributed by atoms with Gasteiger partial charge in [0.05, 0.1) is 4.55 Å². The maximum absolute atomic E-state index is 9.22. The van der Waals surface area contributed by atoms with Crippen LogP contribution in [-0.4, -0.2) is 4.55 Å². The SMILES string of the molecule is [NH]CI=O. The average Bonchev–Trinajstić information content (AvgIpc) is 1.37. The molecule has 2 nitrogen and oxygen atoms in total. The third-order valence-electron chi connectivity index (χ3n) is 0.0546. The molecule has 4 heavy (non-hydrogen) atoms. The summed E-state index contributed by atoms with van der Waals surface area (Å²) < 4.78 is 9.34. The smallest absolute Gasteiger partial charge is 0.161 e. The van der Waals surface area contributed by atoms with Crippen LogP contribution in [0.15, 0.2) is 0 Å². The molecule has 0 aliphatic carbocycles. The van der Waals surface area contributed by atoms with Gasteiger partial charge in [-0.3, -0.25) is 3.07 Å². The van der Waals surface area contributed by atoms with Gasteiger partial charge in [-0.25, -0.2) is 5.73 Å². The van der Waals surface area contributed by atoms with E-state index in [0.29, 0.717) is 0 Å². The highest BCUT2D eigenvalue weighted by Gasteiger charge is 1.55. The molecule has 0 unspecified atom stereocenters. The number of rotatable bonds is 1. The normalized spacial score (nSPS) is 7.25. The second kappa shape index (κ2) is 3.49. The Hall–Kier alpha value is 0.490. The van der Waals surface area contributed by atoms with Crippen LogP contribution in [0.25, 0.3) is 0 Å². The zero-order valence-corrected chi connectivity index (χ0v) is 4.15. The quantitative estimate of drug-likeness (QED) is 0.323. The standard InChI is InChI=1S/CH3INO/c3-1-2-4/h3H,1H2. The summed E-state index contributed by atoms with van der Waals surface area (Å²) in [6.45, 7) is 0. The molecule has 3 heteroatoms. The molecule has 0 spiro atoms. The molecule has 1 N–H and O–H groups in total. The van der Waals surface area contributed by atoms with Crippen LogP contribution >= 0.6 is 21.2 Å². The van der Waals surface area contributed by atoms with Crippen LogP contribution < -0.4 is 5.73 Å². The Labute approximate surface area is 35.0 Å². The van der Waals surface area contributed by atoms with Gasteiger partial charge in [0.15, 0.2) is 21.2 Å². The fourth-order valence-corrected chi connectivity index (χ4v) is 0. The van der Waals surface area contributed by atoms with Crippen LogP contribution in [0.3, 0.4) is 0 Å². The minimum atomic E-state index is -0.973. The Morgan fingerprint density at radius 2 is 2.25 bits per heavy atom. The Balaban J connectivity index is 2.30. The average molecular weight is 172 g/mol. The van der Waals surface area contributed by atoms with E-state index in [9.17, 15) is 3.07 Å². The fraction of sp³-hybridized carbons (Fsp3) is 1.00. The van der Waals surface area contributed by atoms with Crippen molar-refractivity contribution in [2.45, 2.75) is 0 Å². The number of halogens is 1. The summed E-state index contributed by atoms with van der Waals surface area (Å²) in [5.74, 6) is 0. The van der Waals surface area contributed by atoms with Gasteiger partial charge in [0.1, 0.15) is 0 Å². The lowest BCUT2D eigenvalue weighted by atomic mass is 11.6. The van der Waals surface area contributed by atoms with E-state index in [2.05, 4.69) is 0 Å². The molecule has 0 amide bonds. The predicted molar refractivity (Wildman–Crippen MR) is 22.7 cm³/mol. The van der Waals surface area contributed by atoms with Crippen LogP contribution in [0.1, 0.15) is 0 Å². The van der Waals surface area contributed by atoms with Crippen molar-refractivity contribution in [2.24, 2.45) is 0 Å². The van der Waals surface area contributed by atoms with Crippen LogP contribution in [-0.2, 0) is 3.07 Å². The molecule has 0 aliphatic rings. The van der Waals surface area contributed by atoms with Gasteiger partial charge in [0.2, 0.25) is 0 Å². The molecule has 0 saturated heterocycles. The van der Waals surface area contributed by atoms with Crippen molar-refractivity contribution in [1.29, 1.82) is 0 Å². The number of hydrogen-bond donors (Lipinski definition) is 0. The highest BCUT2D eigenvalue weighted by atomic mass is 127. The van der Waals surface area contributed by atoms with Gasteiger partial charge in [-0.1, -0.05) is 0 Å². The van der Waals surface area contributed by atoms with Gasteiger partial charge in [0, 0.05) is 0 Å². The van der Waals surface area contributed by atoms with Gasteiger partial charge in [-0.2, -0.15) is 0 Å².